The van der Waals surface area contributed by atoms with Crippen LogP contribution in [-0.2, 0) is 10.0 Å². The summed E-state index contributed by atoms with van der Waals surface area (Å²) in [6.45, 7) is 9.25. The van der Waals surface area contributed by atoms with E-state index in [1.807, 2.05) is 6.92 Å². The van der Waals surface area contributed by atoms with Crippen LogP contribution in [0.3, 0.4) is 0 Å². The van der Waals surface area contributed by atoms with Gasteiger partial charge in [0.1, 0.15) is 0 Å². The third kappa shape index (κ3) is 7.95. The molecule has 1 aliphatic rings. The van der Waals surface area contributed by atoms with Gasteiger partial charge in [-0.2, -0.15) is 0 Å². The molecular formula is C14H31N5O2S. The summed E-state index contributed by atoms with van der Waals surface area (Å²) in [6.07, 6.45) is 4.37. The lowest BCUT2D eigenvalue weighted by atomic mass is 10.2. The standard InChI is InChI=1S/C14H31N5O2S/c1-4-15-14(16-9-7-10-18-22(3,20)21)17-12-13-8-6-11-19(13)5-2/h13,18H,4-12H2,1-3H3,(H2,15,16,17). The van der Waals surface area contributed by atoms with Crippen LogP contribution in [0.5, 0.6) is 0 Å². The largest absolute Gasteiger partial charge is 0.357 e. The zero-order valence-corrected chi connectivity index (χ0v) is 14.9. The molecule has 3 N–H and O–H groups in total. The number of likely N-dealkylation sites (tertiary alicyclic amines) is 1. The van der Waals surface area contributed by atoms with E-state index >= 15 is 0 Å². The van der Waals surface area contributed by atoms with Gasteiger partial charge in [0.25, 0.3) is 0 Å². The molecule has 0 spiro atoms. The molecular weight excluding hydrogens is 302 g/mol. The Morgan fingerprint density at radius 3 is 2.68 bits per heavy atom. The van der Waals surface area contributed by atoms with Crippen LogP contribution in [-0.4, -0.2) is 70.8 Å². The monoisotopic (exact) mass is 333 g/mol. The number of nitrogens with one attached hydrogen (secondary N) is 3. The highest BCUT2D eigenvalue weighted by Crippen LogP contribution is 2.16. The Morgan fingerprint density at radius 2 is 2.05 bits per heavy atom. The van der Waals surface area contributed by atoms with Gasteiger partial charge in [-0.15, -0.1) is 0 Å². The van der Waals surface area contributed by atoms with Gasteiger partial charge >= 0.3 is 0 Å². The lowest BCUT2D eigenvalue weighted by molar-refractivity contribution is 0.273. The number of rotatable bonds is 9. The van der Waals surface area contributed by atoms with Gasteiger partial charge in [-0.05, 0) is 39.3 Å². The van der Waals surface area contributed by atoms with E-state index in [-0.39, 0.29) is 0 Å². The van der Waals surface area contributed by atoms with Crippen LogP contribution in [0.25, 0.3) is 0 Å². The molecule has 0 aromatic carbocycles. The average molecular weight is 334 g/mol. The highest BCUT2D eigenvalue weighted by molar-refractivity contribution is 7.88. The van der Waals surface area contributed by atoms with Crippen molar-refractivity contribution in [1.29, 1.82) is 0 Å². The van der Waals surface area contributed by atoms with E-state index in [1.54, 1.807) is 0 Å². The lowest BCUT2D eigenvalue weighted by Crippen LogP contribution is -2.40. The van der Waals surface area contributed by atoms with Gasteiger partial charge in [-0.1, -0.05) is 6.92 Å². The van der Waals surface area contributed by atoms with Crippen LogP contribution in [0.1, 0.15) is 33.1 Å². The minimum atomic E-state index is -3.09. The second-order valence-electron chi connectivity index (χ2n) is 5.59. The maximum absolute atomic E-state index is 11.0. The predicted octanol–water partition coefficient (Wildman–Crippen LogP) is -0.0349. The molecule has 1 saturated heterocycles. The van der Waals surface area contributed by atoms with Crippen molar-refractivity contribution >= 4 is 16.0 Å². The van der Waals surface area contributed by atoms with Crippen molar-refractivity contribution in [2.75, 3.05) is 45.5 Å². The Hall–Kier alpha value is -0.860. The Balaban J connectivity index is 2.32. The number of sulfonamides is 1. The highest BCUT2D eigenvalue weighted by Gasteiger charge is 2.22. The fourth-order valence-corrected chi connectivity index (χ4v) is 3.12. The Labute approximate surface area is 135 Å². The van der Waals surface area contributed by atoms with Crippen molar-refractivity contribution in [3.05, 3.63) is 0 Å². The summed E-state index contributed by atoms with van der Waals surface area (Å²) < 4.78 is 24.4. The first-order chi connectivity index (χ1) is 10.5. The third-order valence-electron chi connectivity index (χ3n) is 3.72. The summed E-state index contributed by atoms with van der Waals surface area (Å²) in [6, 6.07) is 0.548. The number of likely N-dealkylation sites (N-methyl/N-ethyl adjacent to an activating group) is 1. The van der Waals surface area contributed by atoms with Crippen LogP contribution in [0.2, 0.25) is 0 Å². The number of hydrogen-bond donors (Lipinski definition) is 3. The molecule has 1 unspecified atom stereocenters. The van der Waals surface area contributed by atoms with Crippen molar-refractivity contribution in [3.63, 3.8) is 0 Å². The first kappa shape index (κ1) is 19.2. The van der Waals surface area contributed by atoms with Crippen LogP contribution < -0.4 is 15.4 Å². The van der Waals surface area contributed by atoms with E-state index in [1.165, 1.54) is 25.6 Å². The van der Waals surface area contributed by atoms with E-state index in [4.69, 9.17) is 0 Å². The van der Waals surface area contributed by atoms with Crippen molar-refractivity contribution in [1.82, 2.24) is 20.3 Å². The fraction of sp³-hybridized carbons (Fsp3) is 0.929. The van der Waals surface area contributed by atoms with E-state index in [0.717, 1.165) is 32.0 Å². The van der Waals surface area contributed by atoms with E-state index in [0.29, 0.717) is 19.1 Å². The van der Waals surface area contributed by atoms with E-state index in [9.17, 15) is 8.42 Å². The molecule has 22 heavy (non-hydrogen) atoms. The maximum atomic E-state index is 11.0. The fourth-order valence-electron chi connectivity index (χ4n) is 2.61. The first-order valence-corrected chi connectivity index (χ1v) is 10.1. The molecule has 0 aliphatic carbocycles. The molecule has 0 bridgehead atoms. The molecule has 1 fully saturated rings. The summed E-state index contributed by atoms with van der Waals surface area (Å²) in [7, 11) is -3.09. The molecule has 8 heteroatoms. The Bertz CT molecular complexity index is 439. The summed E-state index contributed by atoms with van der Waals surface area (Å²) in [5.74, 6) is 0.810. The minimum absolute atomic E-state index is 0.442. The molecule has 0 amide bonds. The van der Waals surface area contributed by atoms with Gasteiger partial charge < -0.3 is 10.6 Å². The lowest BCUT2D eigenvalue weighted by Gasteiger charge is -2.21. The van der Waals surface area contributed by atoms with Gasteiger partial charge in [-0.25, -0.2) is 13.1 Å². The van der Waals surface area contributed by atoms with Crippen molar-refractivity contribution in [2.24, 2.45) is 4.99 Å². The van der Waals surface area contributed by atoms with Gasteiger partial charge in [-0.3, -0.25) is 9.89 Å². The smallest absolute Gasteiger partial charge is 0.208 e. The average Bonchev–Trinajstić information content (AvgIpc) is 2.90. The summed E-state index contributed by atoms with van der Waals surface area (Å²) in [4.78, 5) is 7.13. The highest BCUT2D eigenvalue weighted by atomic mass is 32.2. The minimum Gasteiger partial charge on any atom is -0.357 e. The SMILES string of the molecule is CCNC(=NCC1CCCN1CC)NCCCNS(C)(=O)=O. The summed E-state index contributed by atoms with van der Waals surface area (Å²) in [5.41, 5.74) is 0. The number of nitrogens with zero attached hydrogens (tertiary/aromatic N) is 2. The molecule has 0 aromatic heterocycles. The van der Waals surface area contributed by atoms with Crippen LogP contribution in [0.4, 0.5) is 0 Å². The molecule has 7 nitrogen and oxygen atoms in total. The van der Waals surface area contributed by atoms with Gasteiger partial charge in [0.05, 0.1) is 12.8 Å². The predicted molar refractivity (Wildman–Crippen MR) is 91.7 cm³/mol. The van der Waals surface area contributed by atoms with Gasteiger partial charge in [0, 0.05) is 25.7 Å². The normalized spacial score (nSPS) is 20.3. The first-order valence-electron chi connectivity index (χ1n) is 8.17. The maximum Gasteiger partial charge on any atom is 0.208 e. The molecule has 0 aromatic rings. The molecule has 1 atom stereocenters. The molecule has 130 valence electrons. The second-order valence-corrected chi connectivity index (χ2v) is 7.42. The number of guanidine groups is 1. The van der Waals surface area contributed by atoms with Crippen molar-refractivity contribution < 1.29 is 8.42 Å². The molecule has 0 saturated carbocycles. The quantitative estimate of drug-likeness (QED) is 0.313. The van der Waals surface area contributed by atoms with Crippen molar-refractivity contribution in [2.45, 2.75) is 39.2 Å². The Kier molecular flexibility index (Phi) is 8.74. The van der Waals surface area contributed by atoms with Crippen LogP contribution >= 0.6 is 0 Å². The van der Waals surface area contributed by atoms with E-state index < -0.39 is 10.0 Å². The molecule has 0 radical (unpaired) electrons. The van der Waals surface area contributed by atoms with Crippen molar-refractivity contribution in [3.8, 4) is 0 Å². The summed E-state index contributed by atoms with van der Waals surface area (Å²) >= 11 is 0. The van der Waals surface area contributed by atoms with Crippen LogP contribution in [0.15, 0.2) is 4.99 Å². The molecule has 1 rings (SSSR count). The molecule has 1 heterocycles. The zero-order chi connectivity index (χ0) is 16.4. The van der Waals surface area contributed by atoms with E-state index in [2.05, 4.69) is 32.2 Å². The Morgan fingerprint density at radius 1 is 1.27 bits per heavy atom. The zero-order valence-electron chi connectivity index (χ0n) is 14.1. The molecule has 1 aliphatic heterocycles. The van der Waals surface area contributed by atoms with Crippen LogP contribution in [0, 0.1) is 0 Å². The second kappa shape index (κ2) is 10.0. The topological polar surface area (TPSA) is 85.8 Å². The third-order valence-corrected chi connectivity index (χ3v) is 4.45. The number of hydrogen-bond acceptors (Lipinski definition) is 4. The van der Waals surface area contributed by atoms with Gasteiger partial charge in [0.15, 0.2) is 5.96 Å². The summed E-state index contributed by atoms with van der Waals surface area (Å²) in [5, 5.41) is 6.48. The number of aliphatic imine (C=N–C) groups is 1. The van der Waals surface area contributed by atoms with Gasteiger partial charge in [0.2, 0.25) is 10.0 Å².